The summed E-state index contributed by atoms with van der Waals surface area (Å²) in [6.07, 6.45) is 2.86. The summed E-state index contributed by atoms with van der Waals surface area (Å²) >= 11 is 0. The van der Waals surface area contributed by atoms with Gasteiger partial charge in [0.2, 0.25) is 12.3 Å². The molecule has 1 aromatic heterocycles. The number of amides is 1. The summed E-state index contributed by atoms with van der Waals surface area (Å²) in [5.41, 5.74) is 14.2. The predicted molar refractivity (Wildman–Crippen MR) is 156 cm³/mol. The third kappa shape index (κ3) is 7.43. The molecule has 0 saturated heterocycles. The van der Waals surface area contributed by atoms with Crippen LogP contribution in [0.2, 0.25) is 0 Å². The molecule has 1 heterocycles. The van der Waals surface area contributed by atoms with Crippen molar-refractivity contribution in [2.75, 3.05) is 18.4 Å². The third-order valence-corrected chi connectivity index (χ3v) is 7.14. The highest BCUT2D eigenvalue weighted by atomic mass is 16.5. The fraction of sp³-hybridized carbons (Fsp3) is 0.387. The van der Waals surface area contributed by atoms with Crippen LogP contribution in [0.1, 0.15) is 66.0 Å². The maximum absolute atomic E-state index is 12.1. The molecule has 212 valence electrons. The lowest BCUT2D eigenvalue weighted by atomic mass is 9.84. The van der Waals surface area contributed by atoms with Crippen LogP contribution in [-0.4, -0.2) is 46.6 Å². The van der Waals surface area contributed by atoms with E-state index in [-0.39, 0.29) is 12.5 Å². The highest BCUT2D eigenvalue weighted by molar-refractivity contribution is 5.73. The van der Waals surface area contributed by atoms with Gasteiger partial charge in [0, 0.05) is 30.8 Å². The third-order valence-electron chi connectivity index (χ3n) is 7.14. The first kappa shape index (κ1) is 30.3. The van der Waals surface area contributed by atoms with E-state index in [1.165, 1.54) is 0 Å². The molecule has 1 amide bonds. The maximum atomic E-state index is 12.1. The number of carboxylic acids is 1. The normalized spacial score (nSPS) is 12.3. The number of carbonyl (C=O) groups is 2. The summed E-state index contributed by atoms with van der Waals surface area (Å²) in [6.45, 7) is 11.2. The van der Waals surface area contributed by atoms with E-state index in [4.69, 9.17) is 10.3 Å². The van der Waals surface area contributed by atoms with E-state index in [1.807, 2.05) is 77.1 Å². The van der Waals surface area contributed by atoms with E-state index in [9.17, 15) is 14.7 Å². The van der Waals surface area contributed by atoms with Crippen molar-refractivity contribution in [2.24, 2.45) is 5.11 Å². The van der Waals surface area contributed by atoms with Crippen LogP contribution in [0.15, 0.2) is 53.8 Å². The zero-order valence-corrected chi connectivity index (χ0v) is 23.9. The number of anilines is 1. The Balaban J connectivity index is 1.91. The van der Waals surface area contributed by atoms with Gasteiger partial charge < -0.3 is 20.1 Å². The summed E-state index contributed by atoms with van der Waals surface area (Å²) in [5.74, 6) is -0.810. The van der Waals surface area contributed by atoms with Crippen molar-refractivity contribution in [1.29, 1.82) is 5.53 Å². The summed E-state index contributed by atoms with van der Waals surface area (Å²) in [7, 11) is 0. The number of nitrogens with zero attached hydrogens (tertiary/aromatic N) is 3. The molecule has 2 atom stereocenters. The maximum Gasteiger partial charge on any atom is 0.304 e. The zero-order valence-electron chi connectivity index (χ0n) is 23.9. The van der Waals surface area contributed by atoms with Gasteiger partial charge in [-0.3, -0.25) is 9.59 Å². The topological polar surface area (TPSA) is 128 Å². The van der Waals surface area contributed by atoms with Crippen molar-refractivity contribution in [1.82, 2.24) is 9.88 Å². The number of carboxylic acid groups (broad SMARTS) is 1. The van der Waals surface area contributed by atoms with E-state index < -0.39 is 11.9 Å². The first-order chi connectivity index (χ1) is 19.2. The quantitative estimate of drug-likeness (QED) is 0.147. The van der Waals surface area contributed by atoms with E-state index in [0.29, 0.717) is 37.6 Å². The van der Waals surface area contributed by atoms with Gasteiger partial charge in [-0.25, -0.2) is 10.5 Å². The zero-order chi connectivity index (χ0) is 29.2. The Morgan fingerprint density at radius 3 is 2.58 bits per heavy atom. The minimum atomic E-state index is -0.922. The van der Waals surface area contributed by atoms with Gasteiger partial charge in [0.1, 0.15) is 11.8 Å². The summed E-state index contributed by atoms with van der Waals surface area (Å²) in [4.78, 5) is 30.1. The number of carbonyl (C=O) groups excluding carboxylic acids is 1. The Morgan fingerprint density at radius 2 is 1.95 bits per heavy atom. The molecule has 40 heavy (non-hydrogen) atoms. The fourth-order valence-electron chi connectivity index (χ4n) is 4.86. The van der Waals surface area contributed by atoms with Gasteiger partial charge in [-0.1, -0.05) is 37.3 Å². The number of pyridine rings is 1. The number of hydrogen-bond acceptors (Lipinski definition) is 7. The van der Waals surface area contributed by atoms with Gasteiger partial charge in [0.15, 0.2) is 0 Å². The molecular weight excluding hydrogens is 506 g/mol. The molecule has 9 nitrogen and oxygen atoms in total. The molecule has 9 heteroatoms. The molecule has 3 rings (SSSR count). The molecule has 2 unspecified atom stereocenters. The molecule has 0 fully saturated rings. The standard InChI is InChI=1S/C31H39N5O4/c1-6-25(40-31-21(4)9-8-14-34-31)18-36(19-37)17-24-15-23(11-10-20(24)3)27(16-29(38)39)26-12-13-28(33-7-2)30(35-32)22(26)5/h8-15,19,25,27,32-33H,6-7,16-18H2,1-5H3,(H,38,39). The lowest BCUT2D eigenvalue weighted by Gasteiger charge is -2.26. The van der Waals surface area contributed by atoms with Crippen LogP contribution in [0.5, 0.6) is 5.88 Å². The number of aromatic nitrogens is 1. The largest absolute Gasteiger partial charge is 0.481 e. The SMILES string of the molecule is CCNc1ccc(C(CC(=O)O)c2ccc(C)c(CN(C=O)CC(CC)Oc3ncccc3C)c2)c(C)c1N=N. The number of aliphatic carboxylic acids is 1. The van der Waals surface area contributed by atoms with Crippen LogP contribution in [-0.2, 0) is 16.1 Å². The Kier molecular flexibility index (Phi) is 10.8. The molecule has 0 aliphatic carbocycles. The number of hydrogen-bond donors (Lipinski definition) is 3. The van der Waals surface area contributed by atoms with Crippen molar-refractivity contribution in [3.63, 3.8) is 0 Å². The molecule has 0 spiro atoms. The molecule has 0 aliphatic heterocycles. The van der Waals surface area contributed by atoms with E-state index in [1.54, 1.807) is 11.1 Å². The van der Waals surface area contributed by atoms with E-state index in [0.717, 1.165) is 45.5 Å². The first-order valence-electron chi connectivity index (χ1n) is 13.6. The Bertz CT molecular complexity index is 1340. The minimum absolute atomic E-state index is 0.117. The number of rotatable bonds is 15. The van der Waals surface area contributed by atoms with Crippen LogP contribution in [0, 0.1) is 26.3 Å². The second-order valence-corrected chi connectivity index (χ2v) is 9.96. The smallest absolute Gasteiger partial charge is 0.304 e. The van der Waals surface area contributed by atoms with Crippen LogP contribution in [0.3, 0.4) is 0 Å². The molecule has 3 aromatic rings. The van der Waals surface area contributed by atoms with Crippen molar-refractivity contribution >= 4 is 23.8 Å². The van der Waals surface area contributed by atoms with Gasteiger partial charge in [-0.2, -0.15) is 5.11 Å². The second-order valence-electron chi connectivity index (χ2n) is 9.96. The number of benzene rings is 2. The van der Waals surface area contributed by atoms with Gasteiger partial charge in [-0.15, -0.1) is 0 Å². The highest BCUT2D eigenvalue weighted by Gasteiger charge is 2.24. The fourth-order valence-corrected chi connectivity index (χ4v) is 4.86. The Morgan fingerprint density at radius 1 is 1.18 bits per heavy atom. The van der Waals surface area contributed by atoms with Crippen molar-refractivity contribution in [3.05, 3.63) is 82.0 Å². The Labute approximate surface area is 236 Å². The molecular formula is C31H39N5O4. The average Bonchev–Trinajstić information content (AvgIpc) is 2.93. The minimum Gasteiger partial charge on any atom is -0.481 e. The van der Waals surface area contributed by atoms with Crippen molar-refractivity contribution < 1.29 is 19.4 Å². The van der Waals surface area contributed by atoms with Gasteiger partial charge >= 0.3 is 5.97 Å². The van der Waals surface area contributed by atoms with Gasteiger partial charge in [0.05, 0.1) is 18.7 Å². The molecule has 0 aliphatic rings. The van der Waals surface area contributed by atoms with Crippen LogP contribution in [0.4, 0.5) is 11.4 Å². The van der Waals surface area contributed by atoms with Crippen molar-refractivity contribution in [2.45, 2.75) is 66.0 Å². The first-order valence-corrected chi connectivity index (χ1v) is 13.6. The molecule has 0 radical (unpaired) electrons. The molecule has 0 saturated carbocycles. The molecule has 3 N–H and O–H groups in total. The number of ether oxygens (including phenoxy) is 1. The summed E-state index contributed by atoms with van der Waals surface area (Å²) < 4.78 is 6.11. The summed E-state index contributed by atoms with van der Waals surface area (Å²) in [5, 5.41) is 16.7. The number of nitrogens with one attached hydrogen (secondary N) is 2. The lowest BCUT2D eigenvalue weighted by molar-refractivity contribution is -0.137. The van der Waals surface area contributed by atoms with Gasteiger partial charge in [-0.05, 0) is 74.1 Å². The van der Waals surface area contributed by atoms with E-state index >= 15 is 0 Å². The summed E-state index contributed by atoms with van der Waals surface area (Å²) in [6, 6.07) is 13.4. The van der Waals surface area contributed by atoms with Crippen LogP contribution in [0.25, 0.3) is 0 Å². The van der Waals surface area contributed by atoms with Gasteiger partial charge in [0.25, 0.3) is 0 Å². The van der Waals surface area contributed by atoms with E-state index in [2.05, 4.69) is 15.4 Å². The van der Waals surface area contributed by atoms with Crippen molar-refractivity contribution in [3.8, 4) is 5.88 Å². The predicted octanol–water partition coefficient (Wildman–Crippen LogP) is 6.52. The molecule has 0 bridgehead atoms. The molecule has 2 aromatic carbocycles. The highest BCUT2D eigenvalue weighted by Crippen LogP contribution is 2.39. The lowest BCUT2D eigenvalue weighted by Crippen LogP contribution is -2.34. The van der Waals surface area contributed by atoms with Crippen LogP contribution < -0.4 is 10.1 Å². The Hall–Kier alpha value is -4.27. The average molecular weight is 546 g/mol. The number of aryl methyl sites for hydroxylation is 2. The monoisotopic (exact) mass is 545 g/mol. The second kappa shape index (κ2) is 14.2. The van der Waals surface area contributed by atoms with Crippen LogP contribution >= 0.6 is 0 Å².